The minimum Gasteiger partial charge on any atom is -0.478 e. The smallest absolute Gasteiger partial charge is 0.336 e. The zero-order valence-electron chi connectivity index (χ0n) is 26.6. The topological polar surface area (TPSA) is 180 Å². The van der Waals surface area contributed by atoms with Crippen LogP contribution in [0.25, 0.3) is 11.1 Å². The van der Waals surface area contributed by atoms with E-state index in [2.05, 4.69) is 17.0 Å². The van der Waals surface area contributed by atoms with Crippen molar-refractivity contribution in [3.63, 3.8) is 0 Å². The van der Waals surface area contributed by atoms with E-state index in [1.165, 1.54) is 0 Å². The number of carbonyl (C=O) groups is 1. The molecule has 0 unspecified atom stereocenters. The average molecular weight is 681 g/mol. The first kappa shape index (κ1) is 34.0. The van der Waals surface area contributed by atoms with Gasteiger partial charge in [0, 0.05) is 34.0 Å². The Morgan fingerprint density at radius 1 is 1.09 bits per heavy atom. The molecule has 0 radical (unpaired) electrons. The minimum atomic E-state index is -4.46. The Balaban J connectivity index is 1.85. The third-order valence-electron chi connectivity index (χ3n) is 8.01. The number of rotatable bonds is 9. The number of nitrogens with one attached hydrogen (secondary N) is 1. The van der Waals surface area contributed by atoms with Crippen molar-refractivity contribution in [3.8, 4) is 5.75 Å². The van der Waals surface area contributed by atoms with Crippen LogP contribution < -0.4 is 10.1 Å². The summed E-state index contributed by atoms with van der Waals surface area (Å²) in [5, 5.41) is 13.6. The Bertz CT molecular complexity index is 2110. The van der Waals surface area contributed by atoms with Gasteiger partial charge in [0.1, 0.15) is 23.0 Å². The van der Waals surface area contributed by atoms with Gasteiger partial charge in [0.05, 0.1) is 16.6 Å². The van der Waals surface area contributed by atoms with E-state index in [4.69, 9.17) is 4.74 Å². The molecule has 0 aromatic heterocycles. The number of aliphatic imine (C=N–C) groups is 1. The van der Waals surface area contributed by atoms with Crippen molar-refractivity contribution >= 4 is 49.8 Å². The van der Waals surface area contributed by atoms with E-state index in [-0.39, 0.29) is 17.6 Å². The first-order chi connectivity index (χ1) is 21.7. The summed E-state index contributed by atoms with van der Waals surface area (Å²) in [5.74, 6) is -1.72. The minimum absolute atomic E-state index is 0.0107. The lowest BCUT2D eigenvalue weighted by Crippen LogP contribution is -2.33. The molecule has 0 amide bonds. The van der Waals surface area contributed by atoms with Crippen molar-refractivity contribution in [2.75, 3.05) is 16.8 Å². The molecular formula is C34H36N2O9S2. The van der Waals surface area contributed by atoms with Gasteiger partial charge in [-0.25, -0.2) is 4.79 Å². The highest BCUT2D eigenvalue weighted by Crippen LogP contribution is 2.49. The van der Waals surface area contributed by atoms with Gasteiger partial charge in [-0.2, -0.15) is 16.8 Å². The lowest BCUT2D eigenvalue weighted by atomic mass is 9.81. The summed E-state index contributed by atoms with van der Waals surface area (Å²) in [4.78, 5) is 16.7. The maximum Gasteiger partial charge on any atom is 0.336 e. The zero-order valence-corrected chi connectivity index (χ0v) is 28.2. The van der Waals surface area contributed by atoms with Crippen LogP contribution >= 0.6 is 0 Å². The van der Waals surface area contributed by atoms with Crippen molar-refractivity contribution in [1.29, 1.82) is 0 Å². The van der Waals surface area contributed by atoms with E-state index in [0.717, 1.165) is 0 Å². The fourth-order valence-corrected chi connectivity index (χ4v) is 7.37. The standard InChI is InChI=1S/C34H36N2O9S2/c1-19-7-9-23(25(11-19)32(37)38)31-26-12-20(21(17-46(39,40)41)15-33(2,3)35-6)8-10-29(26)45-30-14-28-24(13-27(30)31)22(18-47(42,43)44)16-34(4,5)36-28/h7,9-16,36H,6,8,17-18H2,1-5H3,(H,37,38)(H,39,40,41)(H,42,43,44)/b21-15-. The van der Waals surface area contributed by atoms with E-state index >= 15 is 0 Å². The van der Waals surface area contributed by atoms with Gasteiger partial charge in [0.25, 0.3) is 20.2 Å². The lowest BCUT2D eigenvalue weighted by Gasteiger charge is -2.35. The monoisotopic (exact) mass is 680 g/mol. The Kier molecular flexibility index (Phi) is 8.51. The molecule has 13 heteroatoms. The summed E-state index contributed by atoms with van der Waals surface area (Å²) in [6.07, 6.45) is 7.03. The van der Waals surface area contributed by atoms with Gasteiger partial charge < -0.3 is 15.2 Å². The average Bonchev–Trinajstić information content (AvgIpc) is 2.92. The van der Waals surface area contributed by atoms with E-state index < -0.39 is 48.8 Å². The number of benzene rings is 2. The summed E-state index contributed by atoms with van der Waals surface area (Å²) in [5.41, 5.74) is 3.10. The number of carboxylic acid groups (broad SMARTS) is 1. The van der Waals surface area contributed by atoms with Crippen LogP contribution in [-0.2, 0) is 20.2 Å². The van der Waals surface area contributed by atoms with Crippen molar-refractivity contribution in [1.82, 2.24) is 0 Å². The molecule has 2 heterocycles. The van der Waals surface area contributed by atoms with Crippen LogP contribution in [-0.4, -0.2) is 66.3 Å². The van der Waals surface area contributed by atoms with Crippen molar-refractivity contribution in [3.05, 3.63) is 105 Å². The normalized spacial score (nSPS) is 17.6. The Hall–Kier alpha value is -4.30. The summed E-state index contributed by atoms with van der Waals surface area (Å²) < 4.78 is 74.3. The number of ether oxygens (including phenoxy) is 1. The highest BCUT2D eigenvalue weighted by atomic mass is 32.2. The van der Waals surface area contributed by atoms with E-state index in [9.17, 15) is 35.8 Å². The van der Waals surface area contributed by atoms with Gasteiger partial charge in [0.2, 0.25) is 0 Å². The van der Waals surface area contributed by atoms with E-state index in [0.29, 0.717) is 61.7 Å². The first-order valence-corrected chi connectivity index (χ1v) is 17.8. The van der Waals surface area contributed by atoms with Gasteiger partial charge in [-0.15, -0.1) is 0 Å². The summed E-state index contributed by atoms with van der Waals surface area (Å²) >= 11 is 0. The number of hydrogen-bond donors (Lipinski definition) is 4. The quantitative estimate of drug-likeness (QED) is 0.185. The second-order valence-corrected chi connectivity index (χ2v) is 15.9. The molecule has 0 spiro atoms. The molecule has 0 saturated heterocycles. The Morgan fingerprint density at radius 2 is 1.79 bits per heavy atom. The summed E-state index contributed by atoms with van der Waals surface area (Å²) in [6, 6.07) is 8.43. The third kappa shape index (κ3) is 7.49. The van der Waals surface area contributed by atoms with Crippen LogP contribution in [0.15, 0.2) is 82.1 Å². The lowest BCUT2D eigenvalue weighted by molar-refractivity contribution is 0.0696. The largest absolute Gasteiger partial charge is 0.478 e. The van der Waals surface area contributed by atoms with Crippen LogP contribution in [0.5, 0.6) is 5.75 Å². The predicted molar refractivity (Wildman–Crippen MR) is 182 cm³/mol. The van der Waals surface area contributed by atoms with E-state index in [1.807, 2.05) is 13.8 Å². The molecule has 0 atom stereocenters. The van der Waals surface area contributed by atoms with Gasteiger partial charge in [-0.3, -0.25) is 14.1 Å². The van der Waals surface area contributed by atoms with Crippen LogP contribution in [0.3, 0.4) is 0 Å². The fourth-order valence-electron chi connectivity index (χ4n) is 6.08. The molecule has 2 aromatic carbocycles. The number of allylic oxidation sites excluding steroid dienone is 3. The summed E-state index contributed by atoms with van der Waals surface area (Å²) in [7, 11) is -8.88. The SMILES string of the molecule is C=NC(C)(C)/C=C(/CS(=O)(=O)O)C1=CC2=C(c3ccc(C)cc3C(=O)O)c3cc4c(cc3OC2=CC1)NC(C)(C)C=C4CS(=O)(=O)O. The van der Waals surface area contributed by atoms with Gasteiger partial charge in [-0.1, -0.05) is 29.8 Å². The fraction of sp³-hybridized carbons (Fsp3) is 0.294. The molecule has 248 valence electrons. The maximum atomic E-state index is 12.6. The first-order valence-electron chi connectivity index (χ1n) is 14.6. The van der Waals surface area contributed by atoms with Crippen LogP contribution in [0.4, 0.5) is 5.69 Å². The van der Waals surface area contributed by atoms with Crippen LogP contribution in [0, 0.1) is 6.92 Å². The van der Waals surface area contributed by atoms with Gasteiger partial charge in [0.15, 0.2) is 0 Å². The molecule has 0 saturated carbocycles. The number of carboxylic acids is 1. The number of aryl methyl sites for hydroxylation is 1. The molecule has 4 N–H and O–H groups in total. The molecule has 2 aromatic rings. The molecule has 11 nitrogen and oxygen atoms in total. The number of fused-ring (bicyclic) bond motifs is 3. The molecule has 47 heavy (non-hydrogen) atoms. The third-order valence-corrected chi connectivity index (χ3v) is 9.36. The number of anilines is 1. The highest BCUT2D eigenvalue weighted by Gasteiger charge is 2.34. The van der Waals surface area contributed by atoms with Crippen LogP contribution in [0.2, 0.25) is 0 Å². The number of hydrogen-bond acceptors (Lipinski definition) is 8. The van der Waals surface area contributed by atoms with Crippen molar-refractivity contribution < 1.29 is 40.6 Å². The van der Waals surface area contributed by atoms with Crippen molar-refractivity contribution in [2.24, 2.45) is 4.99 Å². The molecule has 5 rings (SSSR count). The molecular weight excluding hydrogens is 645 g/mol. The molecule has 0 fully saturated rings. The number of aromatic carboxylic acids is 1. The second-order valence-electron chi connectivity index (χ2n) is 13.0. The maximum absolute atomic E-state index is 12.6. The molecule has 3 aliphatic rings. The Morgan fingerprint density at radius 3 is 2.40 bits per heavy atom. The van der Waals surface area contributed by atoms with Crippen LogP contribution in [0.1, 0.15) is 66.7 Å². The zero-order chi connectivity index (χ0) is 34.7. The van der Waals surface area contributed by atoms with E-state index in [1.54, 1.807) is 75.4 Å². The highest BCUT2D eigenvalue weighted by molar-refractivity contribution is 7.86. The summed E-state index contributed by atoms with van der Waals surface area (Å²) in [6.45, 7) is 12.5. The van der Waals surface area contributed by atoms with Gasteiger partial charge in [-0.05, 0) is 94.3 Å². The molecule has 1 aliphatic carbocycles. The number of nitrogens with zero attached hydrogens (tertiary/aromatic N) is 1. The molecule has 0 bridgehead atoms. The van der Waals surface area contributed by atoms with Crippen molar-refractivity contribution in [2.45, 2.75) is 52.1 Å². The van der Waals surface area contributed by atoms with Gasteiger partial charge >= 0.3 is 5.97 Å². The predicted octanol–water partition coefficient (Wildman–Crippen LogP) is 5.87. The molecule has 2 aliphatic heterocycles. The second kappa shape index (κ2) is 11.7. The Labute approximate surface area is 274 Å².